The summed E-state index contributed by atoms with van der Waals surface area (Å²) in [6, 6.07) is 12.2. The lowest BCUT2D eigenvalue weighted by Gasteiger charge is -2.10. The van der Waals surface area contributed by atoms with Crippen molar-refractivity contribution in [2.75, 3.05) is 18.1 Å². The molecule has 0 atom stereocenters. The smallest absolute Gasteiger partial charge is 0.310 e. The van der Waals surface area contributed by atoms with Crippen LogP contribution < -0.4 is 5.32 Å². The molecule has 1 N–H and O–H groups in total. The minimum Gasteiger partial charge on any atom is -0.379 e. The molecule has 0 saturated heterocycles. The van der Waals surface area contributed by atoms with E-state index in [0.29, 0.717) is 13.0 Å². The van der Waals surface area contributed by atoms with Gasteiger partial charge in [0.1, 0.15) is 10.6 Å². The van der Waals surface area contributed by atoms with Gasteiger partial charge in [0.15, 0.2) is 9.84 Å². The second-order valence-electron chi connectivity index (χ2n) is 6.31. The van der Waals surface area contributed by atoms with Crippen molar-refractivity contribution in [3.8, 4) is 11.3 Å². The predicted molar refractivity (Wildman–Crippen MR) is 111 cm³/mol. The molecular formula is C19H19N3O4S2. The van der Waals surface area contributed by atoms with Crippen LogP contribution in [0.4, 0.5) is 11.4 Å². The Morgan fingerprint density at radius 1 is 1.18 bits per heavy atom. The van der Waals surface area contributed by atoms with E-state index in [1.807, 2.05) is 36.6 Å². The lowest BCUT2D eigenvalue weighted by atomic mass is 10.1. The number of hydrogen-bond donors (Lipinski definition) is 1. The molecule has 0 radical (unpaired) electrons. The Bertz CT molecular complexity index is 1110. The molecule has 3 aromatic rings. The normalized spacial score (nSPS) is 11.4. The van der Waals surface area contributed by atoms with Gasteiger partial charge in [0.05, 0.1) is 15.6 Å². The van der Waals surface area contributed by atoms with E-state index in [2.05, 4.69) is 10.3 Å². The molecule has 0 amide bonds. The van der Waals surface area contributed by atoms with Crippen LogP contribution in [0.1, 0.15) is 10.6 Å². The summed E-state index contributed by atoms with van der Waals surface area (Å²) in [5.41, 5.74) is 2.82. The van der Waals surface area contributed by atoms with Crippen molar-refractivity contribution >= 4 is 32.5 Å². The van der Waals surface area contributed by atoms with Crippen molar-refractivity contribution in [2.24, 2.45) is 0 Å². The van der Waals surface area contributed by atoms with Gasteiger partial charge in [-0.15, -0.1) is 11.3 Å². The number of aromatic nitrogens is 1. The summed E-state index contributed by atoms with van der Waals surface area (Å²) in [6.45, 7) is 2.40. The molecule has 0 aliphatic carbocycles. The van der Waals surface area contributed by atoms with Crippen LogP contribution in [0.5, 0.6) is 0 Å². The number of benzene rings is 2. The van der Waals surface area contributed by atoms with Gasteiger partial charge in [-0.25, -0.2) is 13.4 Å². The van der Waals surface area contributed by atoms with Crippen LogP contribution in [-0.2, 0) is 16.3 Å². The maximum absolute atomic E-state index is 11.8. The van der Waals surface area contributed by atoms with Gasteiger partial charge >= 0.3 is 5.69 Å². The van der Waals surface area contributed by atoms with Crippen LogP contribution in [0, 0.1) is 17.0 Å². The molecule has 0 aliphatic heterocycles. The van der Waals surface area contributed by atoms with E-state index >= 15 is 0 Å². The van der Waals surface area contributed by atoms with Gasteiger partial charge in [-0.2, -0.15) is 0 Å². The quantitative estimate of drug-likeness (QED) is 0.459. The molecule has 0 spiro atoms. The van der Waals surface area contributed by atoms with Crippen LogP contribution in [0.2, 0.25) is 0 Å². The molecule has 28 heavy (non-hydrogen) atoms. The number of thiazole rings is 1. The van der Waals surface area contributed by atoms with Crippen molar-refractivity contribution in [1.82, 2.24) is 4.98 Å². The highest BCUT2D eigenvalue weighted by Crippen LogP contribution is 2.32. The van der Waals surface area contributed by atoms with E-state index in [1.54, 1.807) is 11.3 Å². The molecule has 2 aromatic carbocycles. The summed E-state index contributed by atoms with van der Waals surface area (Å²) in [5, 5.41) is 17.4. The van der Waals surface area contributed by atoms with Gasteiger partial charge in [-0.3, -0.25) is 10.1 Å². The highest BCUT2D eigenvalue weighted by molar-refractivity contribution is 7.90. The fraction of sp³-hybridized carbons (Fsp3) is 0.211. The Hall–Kier alpha value is -2.78. The fourth-order valence-electron chi connectivity index (χ4n) is 2.83. The minimum absolute atomic E-state index is 0.197. The van der Waals surface area contributed by atoms with E-state index in [9.17, 15) is 18.5 Å². The first-order valence-corrected chi connectivity index (χ1v) is 11.3. The third-order valence-electron chi connectivity index (χ3n) is 4.18. The number of anilines is 1. The zero-order chi connectivity index (χ0) is 20.3. The maximum Gasteiger partial charge on any atom is 0.310 e. The van der Waals surface area contributed by atoms with Crippen molar-refractivity contribution in [3.63, 3.8) is 0 Å². The Morgan fingerprint density at radius 2 is 1.89 bits per heavy atom. The number of nitrogens with zero attached hydrogens (tertiary/aromatic N) is 2. The Morgan fingerprint density at radius 3 is 2.46 bits per heavy atom. The lowest BCUT2D eigenvalue weighted by Crippen LogP contribution is -2.10. The van der Waals surface area contributed by atoms with E-state index in [4.69, 9.17) is 0 Å². The average molecular weight is 418 g/mol. The number of nitro benzene ring substituents is 1. The third kappa shape index (κ3) is 4.55. The number of sulfone groups is 1. The first kappa shape index (κ1) is 20.0. The third-order valence-corrected chi connectivity index (χ3v) is 6.08. The topological polar surface area (TPSA) is 102 Å². The minimum atomic E-state index is -3.69. The monoisotopic (exact) mass is 417 g/mol. The van der Waals surface area contributed by atoms with Crippen LogP contribution >= 0.6 is 11.3 Å². The van der Waals surface area contributed by atoms with Crippen LogP contribution in [-0.4, -0.2) is 31.1 Å². The molecule has 0 fully saturated rings. The van der Waals surface area contributed by atoms with E-state index < -0.39 is 20.4 Å². The Balaban J connectivity index is 1.71. The van der Waals surface area contributed by atoms with Gasteiger partial charge < -0.3 is 5.32 Å². The van der Waals surface area contributed by atoms with E-state index in [1.165, 1.54) is 18.2 Å². The lowest BCUT2D eigenvalue weighted by molar-refractivity contribution is -0.386. The first-order chi connectivity index (χ1) is 13.3. The molecule has 0 bridgehead atoms. The number of aryl methyl sites for hydroxylation is 1. The van der Waals surface area contributed by atoms with Crippen LogP contribution in [0.25, 0.3) is 11.3 Å². The second kappa shape index (κ2) is 8.07. The summed E-state index contributed by atoms with van der Waals surface area (Å²) >= 11 is 1.60. The first-order valence-electron chi connectivity index (χ1n) is 8.48. The fourth-order valence-corrected chi connectivity index (χ4v) is 4.32. The van der Waals surface area contributed by atoms with E-state index in [0.717, 1.165) is 28.1 Å². The van der Waals surface area contributed by atoms with E-state index in [-0.39, 0.29) is 10.6 Å². The number of nitro groups is 1. The molecule has 146 valence electrons. The van der Waals surface area contributed by atoms with Gasteiger partial charge in [0, 0.05) is 23.7 Å². The molecule has 0 unspecified atom stereocenters. The molecule has 3 rings (SSSR count). The summed E-state index contributed by atoms with van der Waals surface area (Å²) < 4.78 is 23.6. The highest BCUT2D eigenvalue weighted by Gasteiger charge is 2.25. The molecule has 9 heteroatoms. The Kier molecular flexibility index (Phi) is 5.76. The summed E-state index contributed by atoms with van der Waals surface area (Å²) in [5.74, 6) is 0. The van der Waals surface area contributed by atoms with Gasteiger partial charge in [-0.05, 0) is 31.0 Å². The molecule has 1 heterocycles. The predicted octanol–water partition coefficient (Wildman–Crippen LogP) is 4.08. The molecule has 0 saturated carbocycles. The Labute approximate surface area is 167 Å². The summed E-state index contributed by atoms with van der Waals surface area (Å²) in [7, 11) is -3.69. The number of rotatable bonds is 7. The standard InChI is InChI=1S/C19H19N3O4S2/c1-13-21-17(12-27-13)15-8-6-14(7-9-15)10-11-20-16-4-3-5-18(28(2,25)26)19(16)22(23)24/h3-9,12,20H,10-11H2,1-2H3. The van der Waals surface area contributed by atoms with Crippen molar-refractivity contribution in [1.29, 1.82) is 0 Å². The SMILES string of the molecule is Cc1nc(-c2ccc(CCNc3cccc(S(C)(=O)=O)c3[N+](=O)[O-])cc2)cs1. The number of para-hydroxylation sites is 1. The zero-order valence-electron chi connectivity index (χ0n) is 15.4. The summed E-state index contributed by atoms with van der Waals surface area (Å²) in [6.07, 6.45) is 1.60. The number of hydrogen-bond acceptors (Lipinski definition) is 7. The molecule has 1 aromatic heterocycles. The highest BCUT2D eigenvalue weighted by atomic mass is 32.2. The van der Waals surface area contributed by atoms with Crippen molar-refractivity contribution < 1.29 is 13.3 Å². The van der Waals surface area contributed by atoms with Gasteiger partial charge in [-0.1, -0.05) is 30.3 Å². The number of nitrogens with one attached hydrogen (secondary N) is 1. The van der Waals surface area contributed by atoms with Gasteiger partial charge in [0.2, 0.25) is 0 Å². The van der Waals surface area contributed by atoms with Crippen LogP contribution in [0.15, 0.2) is 52.7 Å². The molecular weight excluding hydrogens is 398 g/mol. The summed E-state index contributed by atoms with van der Waals surface area (Å²) in [4.78, 5) is 14.9. The second-order valence-corrected chi connectivity index (χ2v) is 9.35. The maximum atomic E-state index is 11.8. The van der Waals surface area contributed by atoms with Crippen LogP contribution in [0.3, 0.4) is 0 Å². The average Bonchev–Trinajstić information content (AvgIpc) is 3.07. The van der Waals surface area contributed by atoms with Crippen molar-refractivity contribution in [3.05, 3.63) is 68.5 Å². The largest absolute Gasteiger partial charge is 0.379 e. The van der Waals surface area contributed by atoms with Crippen molar-refractivity contribution in [2.45, 2.75) is 18.2 Å². The molecule has 7 nitrogen and oxygen atoms in total. The zero-order valence-corrected chi connectivity index (χ0v) is 17.0. The van der Waals surface area contributed by atoms with Gasteiger partial charge in [0.25, 0.3) is 0 Å². The molecule has 0 aliphatic rings.